The Labute approximate surface area is 133 Å². The molecule has 0 spiro atoms. The largest absolute Gasteiger partial charge is 0.369 e. The standard InChI is InChI=1S/C12H17ClN4O4S/c13-9-2-1-3-10(8-9)16-4-6-17(7-5-16)22(20,21)15-12(19)11(14)18/h1-3,8,12,15,19H,4-7H2,(H2,14,18). The lowest BCUT2D eigenvalue weighted by molar-refractivity contribution is -0.126. The van der Waals surface area contributed by atoms with Crippen molar-refractivity contribution in [1.82, 2.24) is 9.03 Å². The molecular weight excluding hydrogens is 332 g/mol. The number of carbonyl (C=O) groups is 1. The summed E-state index contributed by atoms with van der Waals surface area (Å²) in [5.41, 5.74) is 5.74. The molecule has 0 bridgehead atoms. The van der Waals surface area contributed by atoms with Gasteiger partial charge in [0.05, 0.1) is 0 Å². The number of anilines is 1. The van der Waals surface area contributed by atoms with Crippen LogP contribution < -0.4 is 15.4 Å². The minimum absolute atomic E-state index is 0.216. The number of benzene rings is 1. The van der Waals surface area contributed by atoms with Gasteiger partial charge in [0.1, 0.15) is 0 Å². The molecule has 1 aromatic rings. The summed E-state index contributed by atoms with van der Waals surface area (Å²) in [6, 6.07) is 7.29. The summed E-state index contributed by atoms with van der Waals surface area (Å²) in [7, 11) is -3.96. The molecule has 2 rings (SSSR count). The van der Waals surface area contributed by atoms with Gasteiger partial charge in [-0.25, -0.2) is 0 Å². The average Bonchev–Trinajstić information content (AvgIpc) is 2.47. The molecule has 1 aliphatic heterocycles. The van der Waals surface area contributed by atoms with Gasteiger partial charge < -0.3 is 15.7 Å². The van der Waals surface area contributed by atoms with E-state index >= 15 is 0 Å². The molecule has 0 aliphatic carbocycles. The van der Waals surface area contributed by atoms with E-state index in [1.165, 1.54) is 0 Å². The highest BCUT2D eigenvalue weighted by Gasteiger charge is 2.29. The van der Waals surface area contributed by atoms with Crippen molar-refractivity contribution in [2.45, 2.75) is 6.23 Å². The summed E-state index contributed by atoms with van der Waals surface area (Å²) in [6.07, 6.45) is -1.93. The molecular formula is C12H17ClN4O4S. The molecule has 1 fully saturated rings. The average molecular weight is 349 g/mol. The first-order valence-corrected chi connectivity index (χ1v) is 8.37. The zero-order valence-corrected chi connectivity index (χ0v) is 13.2. The molecule has 4 N–H and O–H groups in total. The number of primary amides is 1. The number of nitrogens with two attached hydrogens (primary N) is 1. The molecule has 1 aromatic carbocycles. The van der Waals surface area contributed by atoms with Gasteiger partial charge in [0, 0.05) is 36.9 Å². The number of aliphatic hydroxyl groups is 1. The third-order valence-electron chi connectivity index (χ3n) is 3.28. The van der Waals surface area contributed by atoms with Crippen LogP contribution in [0.15, 0.2) is 24.3 Å². The highest BCUT2D eigenvalue weighted by Crippen LogP contribution is 2.21. The van der Waals surface area contributed by atoms with E-state index in [0.717, 1.165) is 9.99 Å². The van der Waals surface area contributed by atoms with Crippen LogP contribution in [0, 0.1) is 0 Å². The van der Waals surface area contributed by atoms with Crippen LogP contribution in [0.5, 0.6) is 0 Å². The molecule has 1 heterocycles. The quantitative estimate of drug-likeness (QED) is 0.596. The number of aliphatic hydroxyl groups excluding tert-OH is 1. The molecule has 0 radical (unpaired) electrons. The van der Waals surface area contributed by atoms with E-state index in [2.05, 4.69) is 0 Å². The minimum Gasteiger partial charge on any atom is -0.369 e. The maximum Gasteiger partial charge on any atom is 0.282 e. The van der Waals surface area contributed by atoms with Gasteiger partial charge >= 0.3 is 0 Å². The monoisotopic (exact) mass is 348 g/mol. The first-order chi connectivity index (χ1) is 10.3. The second-order valence-corrected chi connectivity index (χ2v) is 6.93. The maximum absolute atomic E-state index is 12.0. The lowest BCUT2D eigenvalue weighted by Crippen LogP contribution is -2.55. The van der Waals surface area contributed by atoms with Crippen molar-refractivity contribution in [2.75, 3.05) is 31.1 Å². The molecule has 22 heavy (non-hydrogen) atoms. The molecule has 1 atom stereocenters. The Bertz CT molecular complexity index is 646. The third kappa shape index (κ3) is 4.08. The summed E-state index contributed by atoms with van der Waals surface area (Å²) in [6.45, 7) is 1.36. The molecule has 1 aliphatic rings. The number of carbonyl (C=O) groups excluding carboxylic acids is 1. The number of rotatable bonds is 5. The van der Waals surface area contributed by atoms with Crippen LogP contribution in [0.1, 0.15) is 0 Å². The van der Waals surface area contributed by atoms with Crippen molar-refractivity contribution in [3.05, 3.63) is 29.3 Å². The second kappa shape index (κ2) is 6.80. The third-order valence-corrected chi connectivity index (χ3v) is 5.08. The van der Waals surface area contributed by atoms with Crippen molar-refractivity contribution in [3.8, 4) is 0 Å². The molecule has 0 saturated carbocycles. The molecule has 0 aromatic heterocycles. The van der Waals surface area contributed by atoms with E-state index < -0.39 is 22.3 Å². The summed E-state index contributed by atoms with van der Waals surface area (Å²) in [5, 5.41) is 9.85. The van der Waals surface area contributed by atoms with E-state index in [4.69, 9.17) is 17.3 Å². The fourth-order valence-electron chi connectivity index (χ4n) is 2.13. The van der Waals surface area contributed by atoms with E-state index in [-0.39, 0.29) is 13.1 Å². The molecule has 10 heteroatoms. The van der Waals surface area contributed by atoms with Gasteiger partial charge in [0.2, 0.25) is 0 Å². The second-order valence-electron chi connectivity index (χ2n) is 4.79. The molecule has 122 valence electrons. The van der Waals surface area contributed by atoms with Gasteiger partial charge in [-0.1, -0.05) is 17.7 Å². The number of halogens is 1. The Kier molecular flexibility index (Phi) is 5.24. The summed E-state index contributed by atoms with van der Waals surface area (Å²) >= 11 is 5.94. The fraction of sp³-hybridized carbons (Fsp3) is 0.417. The molecule has 1 unspecified atom stereocenters. The highest BCUT2D eigenvalue weighted by molar-refractivity contribution is 7.87. The zero-order chi connectivity index (χ0) is 16.3. The van der Waals surface area contributed by atoms with Gasteiger partial charge in [-0.3, -0.25) is 4.79 Å². The van der Waals surface area contributed by atoms with Crippen LogP contribution in [0.2, 0.25) is 5.02 Å². The topological polar surface area (TPSA) is 116 Å². The Balaban J connectivity index is 1.98. The van der Waals surface area contributed by atoms with Crippen molar-refractivity contribution < 1.29 is 18.3 Å². The van der Waals surface area contributed by atoms with Gasteiger partial charge in [-0.2, -0.15) is 17.4 Å². The predicted molar refractivity (Wildman–Crippen MR) is 82.5 cm³/mol. The van der Waals surface area contributed by atoms with Gasteiger partial charge in [0.25, 0.3) is 16.1 Å². The Morgan fingerprint density at radius 3 is 2.50 bits per heavy atom. The van der Waals surface area contributed by atoms with E-state index in [9.17, 15) is 18.3 Å². The van der Waals surface area contributed by atoms with Crippen molar-refractivity contribution in [2.24, 2.45) is 5.73 Å². The normalized spacial score (nSPS) is 18.2. The van der Waals surface area contributed by atoms with Crippen LogP contribution in [0.25, 0.3) is 0 Å². The molecule has 8 nitrogen and oxygen atoms in total. The number of nitrogens with one attached hydrogen (secondary N) is 1. The lowest BCUT2D eigenvalue weighted by Gasteiger charge is -2.35. The van der Waals surface area contributed by atoms with Crippen LogP contribution in [-0.4, -0.2) is 56.1 Å². The van der Waals surface area contributed by atoms with Crippen molar-refractivity contribution >= 4 is 33.4 Å². The smallest absolute Gasteiger partial charge is 0.282 e. The van der Waals surface area contributed by atoms with Gasteiger partial charge in [-0.15, -0.1) is 0 Å². The molecule has 1 saturated heterocycles. The zero-order valence-electron chi connectivity index (χ0n) is 11.6. The first kappa shape index (κ1) is 17.0. The predicted octanol–water partition coefficient (Wildman–Crippen LogP) is -0.900. The fourth-order valence-corrected chi connectivity index (χ4v) is 3.51. The summed E-state index contributed by atoms with van der Waals surface area (Å²) < 4.78 is 27.0. The van der Waals surface area contributed by atoms with Gasteiger partial charge in [0.15, 0.2) is 6.23 Å². The Morgan fingerprint density at radius 1 is 1.32 bits per heavy atom. The number of nitrogens with zero attached hydrogens (tertiary/aromatic N) is 2. The van der Waals surface area contributed by atoms with Crippen LogP contribution in [0.3, 0.4) is 0 Å². The van der Waals surface area contributed by atoms with E-state index in [1.54, 1.807) is 12.1 Å². The maximum atomic E-state index is 12.0. The van der Waals surface area contributed by atoms with Crippen LogP contribution in [0.4, 0.5) is 5.69 Å². The van der Waals surface area contributed by atoms with E-state index in [1.807, 2.05) is 21.8 Å². The Morgan fingerprint density at radius 2 is 1.95 bits per heavy atom. The van der Waals surface area contributed by atoms with Crippen molar-refractivity contribution in [1.29, 1.82) is 0 Å². The number of piperazine rings is 1. The van der Waals surface area contributed by atoms with Crippen LogP contribution in [-0.2, 0) is 15.0 Å². The summed E-state index contributed by atoms with van der Waals surface area (Å²) in [5.74, 6) is -1.15. The molecule has 1 amide bonds. The lowest BCUT2D eigenvalue weighted by atomic mass is 10.2. The first-order valence-electron chi connectivity index (χ1n) is 6.55. The number of hydrogen-bond donors (Lipinski definition) is 3. The summed E-state index contributed by atoms with van der Waals surface area (Å²) in [4.78, 5) is 12.7. The van der Waals surface area contributed by atoms with Crippen molar-refractivity contribution in [3.63, 3.8) is 0 Å². The highest BCUT2D eigenvalue weighted by atomic mass is 35.5. The van der Waals surface area contributed by atoms with E-state index in [0.29, 0.717) is 18.1 Å². The van der Waals surface area contributed by atoms with Gasteiger partial charge in [-0.05, 0) is 18.2 Å². The number of hydrogen-bond acceptors (Lipinski definition) is 5. The minimum atomic E-state index is -3.96. The SMILES string of the molecule is NC(=O)C(O)NS(=O)(=O)N1CCN(c2cccc(Cl)c2)CC1. The van der Waals surface area contributed by atoms with Crippen LogP contribution >= 0.6 is 11.6 Å². The number of amides is 1. The Hall–Kier alpha value is -1.39.